The average Bonchev–Trinajstić information content (AvgIpc) is 2.26. The van der Waals surface area contributed by atoms with Gasteiger partial charge >= 0.3 is 0 Å². The molecule has 1 aromatic carbocycles. The first-order valence-corrected chi connectivity index (χ1v) is 6.52. The summed E-state index contributed by atoms with van der Waals surface area (Å²) in [4.78, 5) is 4.54. The minimum Gasteiger partial charge on any atom is -0.328 e. The Morgan fingerprint density at radius 3 is 2.61 bits per heavy atom. The van der Waals surface area contributed by atoms with Crippen LogP contribution in [0.25, 0.3) is 10.9 Å². The summed E-state index contributed by atoms with van der Waals surface area (Å²) in [6, 6.07) is 10.9. The monoisotopic (exact) mass is 242 g/mol. The van der Waals surface area contributed by atoms with Gasteiger partial charge in [0.2, 0.25) is 0 Å². The van der Waals surface area contributed by atoms with E-state index in [0.717, 1.165) is 17.6 Å². The summed E-state index contributed by atoms with van der Waals surface area (Å²) in [5.41, 5.74) is 9.50. The molecule has 0 aliphatic carbocycles. The Bertz CT molecular complexity index is 556. The molecule has 2 N–H and O–H groups in total. The van der Waals surface area contributed by atoms with Crippen LogP contribution in [0.5, 0.6) is 0 Å². The molecule has 1 atom stereocenters. The number of benzene rings is 1. The number of nitrogens with two attached hydrogens (primary N) is 1. The standard InChI is InChI=1S/C16H22N2/c1-11(17)10-16(3,4)14-7-8-15-13(9-14)6-5-12(2)18-15/h5-9,11H,10,17H2,1-4H3. The Hall–Kier alpha value is -1.41. The number of rotatable bonds is 3. The van der Waals surface area contributed by atoms with E-state index in [0.29, 0.717) is 0 Å². The normalized spacial score (nSPS) is 13.8. The highest BCUT2D eigenvalue weighted by molar-refractivity contribution is 5.79. The highest BCUT2D eigenvalue weighted by Crippen LogP contribution is 2.30. The number of hydrogen-bond donors (Lipinski definition) is 1. The molecule has 0 spiro atoms. The van der Waals surface area contributed by atoms with E-state index in [4.69, 9.17) is 5.73 Å². The second-order valence-electron chi connectivity index (χ2n) is 5.93. The van der Waals surface area contributed by atoms with Crippen molar-refractivity contribution in [3.8, 4) is 0 Å². The molecule has 96 valence electrons. The van der Waals surface area contributed by atoms with Gasteiger partial charge in [-0.3, -0.25) is 4.98 Å². The van der Waals surface area contributed by atoms with Crippen molar-refractivity contribution >= 4 is 10.9 Å². The molecule has 0 radical (unpaired) electrons. The minimum absolute atomic E-state index is 0.104. The predicted octanol–water partition coefficient (Wildman–Crippen LogP) is 3.56. The smallest absolute Gasteiger partial charge is 0.0705 e. The SMILES string of the molecule is Cc1ccc2cc(C(C)(C)CC(C)N)ccc2n1. The fourth-order valence-corrected chi connectivity index (χ4v) is 2.57. The van der Waals surface area contributed by atoms with Gasteiger partial charge < -0.3 is 5.73 Å². The van der Waals surface area contributed by atoms with Crippen molar-refractivity contribution in [2.75, 3.05) is 0 Å². The molecule has 0 aliphatic rings. The van der Waals surface area contributed by atoms with Crippen molar-refractivity contribution in [2.24, 2.45) is 5.73 Å². The molecule has 0 bridgehead atoms. The molecule has 2 nitrogen and oxygen atoms in total. The Balaban J connectivity index is 2.43. The molecule has 18 heavy (non-hydrogen) atoms. The van der Waals surface area contributed by atoms with Crippen LogP contribution in [-0.4, -0.2) is 11.0 Å². The molecule has 0 amide bonds. The maximum atomic E-state index is 5.94. The van der Waals surface area contributed by atoms with Crippen molar-refractivity contribution in [1.29, 1.82) is 0 Å². The maximum absolute atomic E-state index is 5.94. The van der Waals surface area contributed by atoms with E-state index in [-0.39, 0.29) is 11.5 Å². The van der Waals surface area contributed by atoms with Gasteiger partial charge in [-0.15, -0.1) is 0 Å². The third kappa shape index (κ3) is 2.70. The first-order valence-electron chi connectivity index (χ1n) is 6.52. The van der Waals surface area contributed by atoms with E-state index >= 15 is 0 Å². The highest BCUT2D eigenvalue weighted by atomic mass is 14.7. The number of aryl methyl sites for hydroxylation is 1. The van der Waals surface area contributed by atoms with Crippen LogP contribution in [0, 0.1) is 6.92 Å². The minimum atomic E-state index is 0.104. The second kappa shape index (κ2) is 4.69. The fourth-order valence-electron chi connectivity index (χ4n) is 2.57. The van der Waals surface area contributed by atoms with Crippen LogP contribution < -0.4 is 5.73 Å². The summed E-state index contributed by atoms with van der Waals surface area (Å²) in [5, 5.41) is 1.20. The molecule has 0 saturated carbocycles. The molecule has 2 rings (SSSR count). The van der Waals surface area contributed by atoms with Gasteiger partial charge in [0.25, 0.3) is 0 Å². The Labute approximate surface area is 109 Å². The van der Waals surface area contributed by atoms with Crippen LogP contribution in [0.1, 0.15) is 38.4 Å². The van der Waals surface area contributed by atoms with Gasteiger partial charge in [0.05, 0.1) is 5.52 Å². The second-order valence-corrected chi connectivity index (χ2v) is 5.93. The number of hydrogen-bond acceptors (Lipinski definition) is 2. The summed E-state index contributed by atoms with van der Waals surface area (Å²) in [7, 11) is 0. The third-order valence-corrected chi connectivity index (χ3v) is 3.44. The quantitative estimate of drug-likeness (QED) is 0.893. The van der Waals surface area contributed by atoms with Crippen molar-refractivity contribution in [3.63, 3.8) is 0 Å². The van der Waals surface area contributed by atoms with E-state index in [1.807, 2.05) is 6.92 Å². The van der Waals surface area contributed by atoms with E-state index in [1.165, 1.54) is 10.9 Å². The topological polar surface area (TPSA) is 38.9 Å². The molecular formula is C16H22N2. The first-order chi connectivity index (χ1) is 8.38. The molecular weight excluding hydrogens is 220 g/mol. The summed E-state index contributed by atoms with van der Waals surface area (Å²) in [6.45, 7) is 8.58. The van der Waals surface area contributed by atoms with Crippen molar-refractivity contribution in [2.45, 2.75) is 45.6 Å². The number of aromatic nitrogens is 1. The van der Waals surface area contributed by atoms with Gasteiger partial charge in [-0.2, -0.15) is 0 Å². The van der Waals surface area contributed by atoms with Crippen molar-refractivity contribution in [1.82, 2.24) is 4.98 Å². The summed E-state index contributed by atoms with van der Waals surface area (Å²) in [6.07, 6.45) is 0.984. The molecule has 1 heterocycles. The van der Waals surface area contributed by atoms with Crippen LogP contribution in [0.4, 0.5) is 0 Å². The van der Waals surface area contributed by atoms with Crippen molar-refractivity contribution in [3.05, 3.63) is 41.6 Å². The lowest BCUT2D eigenvalue weighted by atomic mass is 9.79. The molecule has 1 aromatic heterocycles. The van der Waals surface area contributed by atoms with Crippen molar-refractivity contribution < 1.29 is 0 Å². The van der Waals surface area contributed by atoms with E-state index in [1.54, 1.807) is 0 Å². The molecule has 2 heteroatoms. The lowest BCUT2D eigenvalue weighted by Crippen LogP contribution is -2.28. The van der Waals surface area contributed by atoms with Crippen LogP contribution in [0.2, 0.25) is 0 Å². The zero-order chi connectivity index (χ0) is 13.3. The van der Waals surface area contributed by atoms with Gasteiger partial charge in [0.15, 0.2) is 0 Å². The molecule has 1 unspecified atom stereocenters. The predicted molar refractivity (Wildman–Crippen MR) is 77.8 cm³/mol. The molecule has 2 aromatic rings. The first kappa shape index (κ1) is 13.0. The largest absolute Gasteiger partial charge is 0.328 e. The Morgan fingerprint density at radius 2 is 1.94 bits per heavy atom. The number of fused-ring (bicyclic) bond motifs is 1. The highest BCUT2D eigenvalue weighted by Gasteiger charge is 2.22. The summed E-state index contributed by atoms with van der Waals surface area (Å²) >= 11 is 0. The number of nitrogens with zero attached hydrogens (tertiary/aromatic N) is 1. The van der Waals surface area contributed by atoms with Crippen LogP contribution >= 0.6 is 0 Å². The maximum Gasteiger partial charge on any atom is 0.0705 e. The average molecular weight is 242 g/mol. The van der Waals surface area contributed by atoms with Crippen LogP contribution in [0.3, 0.4) is 0 Å². The molecule has 0 fully saturated rings. The van der Waals surface area contributed by atoms with E-state index in [2.05, 4.69) is 56.1 Å². The Kier molecular flexibility index (Phi) is 3.40. The zero-order valence-electron chi connectivity index (χ0n) is 11.7. The third-order valence-electron chi connectivity index (χ3n) is 3.44. The van der Waals surface area contributed by atoms with Crippen LogP contribution in [0.15, 0.2) is 30.3 Å². The van der Waals surface area contributed by atoms with Gasteiger partial charge in [0.1, 0.15) is 0 Å². The zero-order valence-corrected chi connectivity index (χ0v) is 11.7. The van der Waals surface area contributed by atoms with Gasteiger partial charge in [-0.1, -0.05) is 26.0 Å². The van der Waals surface area contributed by atoms with Gasteiger partial charge in [-0.05, 0) is 49.4 Å². The molecule has 0 aliphatic heterocycles. The lowest BCUT2D eigenvalue weighted by molar-refractivity contribution is 0.438. The Morgan fingerprint density at radius 1 is 1.22 bits per heavy atom. The summed E-state index contributed by atoms with van der Waals surface area (Å²) in [5.74, 6) is 0. The number of pyridine rings is 1. The summed E-state index contributed by atoms with van der Waals surface area (Å²) < 4.78 is 0. The lowest BCUT2D eigenvalue weighted by Gasteiger charge is -2.27. The van der Waals surface area contributed by atoms with Gasteiger partial charge in [-0.25, -0.2) is 0 Å². The van der Waals surface area contributed by atoms with Crippen LogP contribution in [-0.2, 0) is 5.41 Å². The van der Waals surface area contributed by atoms with E-state index < -0.39 is 0 Å². The van der Waals surface area contributed by atoms with Gasteiger partial charge in [0, 0.05) is 17.1 Å². The van der Waals surface area contributed by atoms with E-state index in [9.17, 15) is 0 Å². The molecule has 0 saturated heterocycles. The fraction of sp³-hybridized carbons (Fsp3) is 0.438.